The van der Waals surface area contributed by atoms with Gasteiger partial charge in [-0.25, -0.2) is 4.79 Å². The molecule has 0 aliphatic heterocycles. The first-order valence-electron chi connectivity index (χ1n) is 6.36. The zero-order valence-corrected chi connectivity index (χ0v) is 11.0. The molecule has 0 unspecified atom stereocenters. The molecule has 6 heteroatoms. The minimum atomic E-state index is -0.925. The zero-order valence-electron chi connectivity index (χ0n) is 11.0. The maximum Gasteiger partial charge on any atom is 0.374 e. The molecule has 1 aromatic carbocycles. The molecule has 0 saturated carbocycles. The minimum absolute atomic E-state index is 0.00643. The number of ether oxygens (including phenoxy) is 1. The number of aliphatic hydroxyl groups is 1. The van der Waals surface area contributed by atoms with E-state index in [4.69, 9.17) is 10.2 Å². The Morgan fingerprint density at radius 3 is 2.55 bits per heavy atom. The van der Waals surface area contributed by atoms with E-state index in [0.29, 0.717) is 24.8 Å². The molecule has 0 aliphatic rings. The summed E-state index contributed by atoms with van der Waals surface area (Å²) in [5.41, 5.74) is 0.679. The van der Waals surface area contributed by atoms with Crippen LogP contribution in [0.2, 0.25) is 0 Å². The lowest BCUT2D eigenvalue weighted by atomic mass is 10.0. The third kappa shape index (κ3) is 5.27. The summed E-state index contributed by atoms with van der Waals surface area (Å²) in [5, 5.41) is 27.2. The molecule has 0 heterocycles. The van der Waals surface area contributed by atoms with Crippen molar-refractivity contribution in [2.24, 2.45) is 0 Å². The van der Waals surface area contributed by atoms with Gasteiger partial charge in [-0.15, -0.1) is 0 Å². The molecule has 3 N–H and O–H groups in total. The van der Waals surface area contributed by atoms with Crippen LogP contribution in [-0.4, -0.2) is 40.3 Å². The Balaban J connectivity index is 2.27. The number of aryl methyl sites for hydroxylation is 1. The third-order valence-electron chi connectivity index (χ3n) is 2.72. The monoisotopic (exact) mass is 282 g/mol. The molecular formula is C14H18O6. The number of hydrogen-bond acceptors (Lipinski definition) is 6. The fraction of sp³-hybridized carbons (Fsp3) is 0.429. The van der Waals surface area contributed by atoms with Crippen LogP contribution >= 0.6 is 0 Å². The van der Waals surface area contributed by atoms with Gasteiger partial charge in [0.05, 0.1) is 6.61 Å². The summed E-state index contributed by atoms with van der Waals surface area (Å²) in [6, 6.07) is 4.35. The second kappa shape index (κ2) is 8.16. The summed E-state index contributed by atoms with van der Waals surface area (Å²) in [6.07, 6.45) is 1.74. The molecule has 0 aromatic heterocycles. The summed E-state index contributed by atoms with van der Waals surface area (Å²) < 4.78 is 4.49. The SMILES string of the molecule is O=C(CCCCc1ccc(O)cc1O)C(=O)OCCO. The van der Waals surface area contributed by atoms with E-state index in [1.165, 1.54) is 12.1 Å². The van der Waals surface area contributed by atoms with Crippen molar-refractivity contribution in [1.29, 1.82) is 0 Å². The number of aromatic hydroxyl groups is 2. The number of hydrogen-bond donors (Lipinski definition) is 3. The van der Waals surface area contributed by atoms with Gasteiger partial charge < -0.3 is 20.1 Å². The Labute approximate surface area is 116 Å². The summed E-state index contributed by atoms with van der Waals surface area (Å²) in [5.74, 6) is -1.54. The molecule has 20 heavy (non-hydrogen) atoms. The van der Waals surface area contributed by atoms with Crippen molar-refractivity contribution in [3.63, 3.8) is 0 Å². The average Bonchev–Trinajstić information content (AvgIpc) is 2.42. The summed E-state index contributed by atoms with van der Waals surface area (Å²) in [4.78, 5) is 22.4. The lowest BCUT2D eigenvalue weighted by Crippen LogP contribution is -2.18. The van der Waals surface area contributed by atoms with E-state index in [1.54, 1.807) is 6.07 Å². The van der Waals surface area contributed by atoms with Crippen LogP contribution in [0.1, 0.15) is 24.8 Å². The van der Waals surface area contributed by atoms with Gasteiger partial charge in [0.1, 0.15) is 18.1 Å². The molecule has 0 spiro atoms. The number of phenols is 2. The van der Waals surface area contributed by atoms with E-state index in [1.807, 2.05) is 0 Å². The smallest absolute Gasteiger partial charge is 0.374 e. The molecule has 1 aromatic rings. The standard InChI is InChI=1S/C14H18O6/c15-7-8-20-14(19)12(17)4-2-1-3-10-5-6-11(16)9-13(10)18/h5-6,9,15-16,18H,1-4,7-8H2. The van der Waals surface area contributed by atoms with Gasteiger partial charge in [-0.1, -0.05) is 6.07 Å². The number of phenolic OH excluding ortho intramolecular Hbond substituents is 2. The lowest BCUT2D eigenvalue weighted by Gasteiger charge is -2.05. The van der Waals surface area contributed by atoms with Crippen molar-refractivity contribution in [3.8, 4) is 11.5 Å². The number of rotatable bonds is 8. The van der Waals surface area contributed by atoms with Crippen molar-refractivity contribution in [1.82, 2.24) is 0 Å². The Bertz CT molecular complexity index is 469. The Morgan fingerprint density at radius 2 is 1.90 bits per heavy atom. The van der Waals surface area contributed by atoms with E-state index in [2.05, 4.69) is 4.74 Å². The molecule has 1 rings (SSSR count). The normalized spacial score (nSPS) is 10.2. The minimum Gasteiger partial charge on any atom is -0.508 e. The number of carbonyl (C=O) groups excluding carboxylic acids is 2. The average molecular weight is 282 g/mol. The Hall–Kier alpha value is -2.08. The van der Waals surface area contributed by atoms with Gasteiger partial charge in [0, 0.05) is 12.5 Å². The number of esters is 1. The first kappa shape index (κ1) is 16.0. The highest BCUT2D eigenvalue weighted by Gasteiger charge is 2.14. The van der Waals surface area contributed by atoms with Crippen LogP contribution in [0, 0.1) is 0 Å². The molecule has 110 valence electrons. The van der Waals surface area contributed by atoms with Gasteiger partial charge in [0.15, 0.2) is 0 Å². The molecule has 6 nitrogen and oxygen atoms in total. The second-order valence-corrected chi connectivity index (χ2v) is 4.30. The fourth-order valence-corrected chi connectivity index (χ4v) is 1.69. The second-order valence-electron chi connectivity index (χ2n) is 4.30. The van der Waals surface area contributed by atoms with Crippen LogP contribution in [-0.2, 0) is 20.7 Å². The molecule has 0 aliphatic carbocycles. The van der Waals surface area contributed by atoms with Crippen LogP contribution in [0.25, 0.3) is 0 Å². The van der Waals surface area contributed by atoms with E-state index in [9.17, 15) is 14.7 Å². The summed E-state index contributed by atoms with van der Waals surface area (Å²) >= 11 is 0. The Kier molecular flexibility index (Phi) is 6.52. The fourth-order valence-electron chi connectivity index (χ4n) is 1.69. The number of ketones is 1. The quantitative estimate of drug-likeness (QED) is 0.372. The third-order valence-corrected chi connectivity index (χ3v) is 2.72. The van der Waals surface area contributed by atoms with Crippen LogP contribution in [0.15, 0.2) is 18.2 Å². The number of aliphatic hydroxyl groups excluding tert-OH is 1. The number of unbranched alkanes of at least 4 members (excludes halogenated alkanes) is 1. The zero-order chi connectivity index (χ0) is 15.0. The van der Waals surface area contributed by atoms with E-state index >= 15 is 0 Å². The number of Topliss-reactive ketones (excluding diaryl/α,β-unsaturated/α-hetero) is 1. The van der Waals surface area contributed by atoms with E-state index in [-0.39, 0.29) is 31.1 Å². The number of carbonyl (C=O) groups is 2. The van der Waals surface area contributed by atoms with Gasteiger partial charge in [-0.3, -0.25) is 4.79 Å². The van der Waals surface area contributed by atoms with Gasteiger partial charge >= 0.3 is 5.97 Å². The maximum absolute atomic E-state index is 11.3. The van der Waals surface area contributed by atoms with Crippen LogP contribution in [0.3, 0.4) is 0 Å². The molecule has 0 bridgehead atoms. The highest BCUT2D eigenvalue weighted by molar-refractivity contribution is 6.33. The van der Waals surface area contributed by atoms with Crippen molar-refractivity contribution >= 4 is 11.8 Å². The van der Waals surface area contributed by atoms with Crippen LogP contribution < -0.4 is 0 Å². The predicted molar refractivity (Wildman–Crippen MR) is 70.4 cm³/mol. The molecule has 0 fully saturated rings. The molecule has 0 atom stereocenters. The maximum atomic E-state index is 11.3. The van der Waals surface area contributed by atoms with Gasteiger partial charge in [-0.05, 0) is 30.9 Å². The summed E-state index contributed by atoms with van der Waals surface area (Å²) in [7, 11) is 0. The van der Waals surface area contributed by atoms with Gasteiger partial charge in [0.2, 0.25) is 5.78 Å². The Morgan fingerprint density at radius 1 is 1.15 bits per heavy atom. The first-order valence-corrected chi connectivity index (χ1v) is 6.36. The van der Waals surface area contributed by atoms with Crippen molar-refractivity contribution in [2.45, 2.75) is 25.7 Å². The highest BCUT2D eigenvalue weighted by Crippen LogP contribution is 2.24. The van der Waals surface area contributed by atoms with E-state index < -0.39 is 11.8 Å². The summed E-state index contributed by atoms with van der Waals surface area (Å²) in [6.45, 7) is -0.481. The highest BCUT2D eigenvalue weighted by atomic mass is 16.5. The number of benzene rings is 1. The topological polar surface area (TPSA) is 104 Å². The van der Waals surface area contributed by atoms with Gasteiger partial charge in [0.25, 0.3) is 0 Å². The van der Waals surface area contributed by atoms with Crippen molar-refractivity contribution in [2.75, 3.05) is 13.2 Å². The first-order chi connectivity index (χ1) is 9.54. The molecular weight excluding hydrogens is 264 g/mol. The van der Waals surface area contributed by atoms with Crippen LogP contribution in [0.5, 0.6) is 11.5 Å². The lowest BCUT2D eigenvalue weighted by molar-refractivity contribution is -0.154. The predicted octanol–water partition coefficient (Wildman–Crippen LogP) is 0.915. The van der Waals surface area contributed by atoms with Crippen molar-refractivity contribution in [3.05, 3.63) is 23.8 Å². The molecule has 0 saturated heterocycles. The van der Waals surface area contributed by atoms with E-state index in [0.717, 1.165) is 0 Å². The largest absolute Gasteiger partial charge is 0.508 e. The van der Waals surface area contributed by atoms with Gasteiger partial charge in [-0.2, -0.15) is 0 Å². The van der Waals surface area contributed by atoms with Crippen LogP contribution in [0.4, 0.5) is 0 Å². The molecule has 0 radical (unpaired) electrons. The molecule has 0 amide bonds. The van der Waals surface area contributed by atoms with Crippen molar-refractivity contribution < 1.29 is 29.6 Å².